The van der Waals surface area contributed by atoms with Crippen LogP contribution in [0.1, 0.15) is 22.8 Å². The van der Waals surface area contributed by atoms with Crippen LogP contribution in [0, 0.1) is 6.92 Å². The highest BCUT2D eigenvalue weighted by molar-refractivity contribution is 6.32. The van der Waals surface area contributed by atoms with Crippen molar-refractivity contribution in [1.29, 1.82) is 0 Å². The first-order chi connectivity index (χ1) is 12.0. The van der Waals surface area contributed by atoms with Crippen molar-refractivity contribution in [3.05, 3.63) is 63.8 Å². The molecule has 1 aromatic heterocycles. The molecular formula is C19H16Cl2N2O2. The number of ether oxygens (including phenoxy) is 1. The van der Waals surface area contributed by atoms with Gasteiger partial charge in [-0.25, -0.2) is 4.79 Å². The summed E-state index contributed by atoms with van der Waals surface area (Å²) in [7, 11) is 0. The first-order valence-electron chi connectivity index (χ1n) is 7.78. The minimum Gasteiger partial charge on any atom is -0.462 e. The average Bonchev–Trinajstić information content (AvgIpc) is 2.60. The molecule has 0 saturated heterocycles. The van der Waals surface area contributed by atoms with Gasteiger partial charge in [-0.3, -0.25) is 4.98 Å². The largest absolute Gasteiger partial charge is 0.462 e. The van der Waals surface area contributed by atoms with Crippen molar-refractivity contribution in [2.75, 3.05) is 11.9 Å². The standard InChI is InChI=1S/C19H16Cl2N2O2/c1-3-25-19(24)15-10-22-17-11(2)16(21)9-8-14(17)18(15)23-13-6-4-12(20)5-7-13/h4-10H,3H2,1-2H3,(H,22,23). The number of aryl methyl sites for hydroxylation is 1. The van der Waals surface area contributed by atoms with Crippen LogP contribution >= 0.6 is 23.2 Å². The third-order valence-corrected chi connectivity index (χ3v) is 4.50. The molecule has 0 amide bonds. The maximum atomic E-state index is 12.4. The molecular weight excluding hydrogens is 359 g/mol. The highest BCUT2D eigenvalue weighted by Crippen LogP contribution is 2.33. The van der Waals surface area contributed by atoms with E-state index in [1.807, 2.05) is 25.1 Å². The monoisotopic (exact) mass is 374 g/mol. The van der Waals surface area contributed by atoms with Crippen molar-refractivity contribution in [3.63, 3.8) is 0 Å². The zero-order valence-corrected chi connectivity index (χ0v) is 15.3. The Hall–Kier alpha value is -2.30. The van der Waals surface area contributed by atoms with Gasteiger partial charge in [0.1, 0.15) is 5.56 Å². The number of hydrogen-bond donors (Lipinski definition) is 1. The van der Waals surface area contributed by atoms with Crippen molar-refractivity contribution in [2.24, 2.45) is 0 Å². The topological polar surface area (TPSA) is 51.2 Å². The van der Waals surface area contributed by atoms with Gasteiger partial charge in [-0.2, -0.15) is 0 Å². The molecule has 0 bridgehead atoms. The summed E-state index contributed by atoms with van der Waals surface area (Å²) in [5.74, 6) is -0.430. The number of benzene rings is 2. The van der Waals surface area contributed by atoms with Gasteiger partial charge in [-0.1, -0.05) is 23.2 Å². The number of anilines is 2. The Balaban J connectivity index is 2.19. The molecule has 6 heteroatoms. The van der Waals surface area contributed by atoms with E-state index in [1.54, 1.807) is 25.1 Å². The Bertz CT molecular complexity index is 940. The van der Waals surface area contributed by atoms with Gasteiger partial charge < -0.3 is 10.1 Å². The lowest BCUT2D eigenvalue weighted by molar-refractivity contribution is 0.0527. The Morgan fingerprint density at radius 1 is 1.16 bits per heavy atom. The fraction of sp³-hybridized carbons (Fsp3) is 0.158. The molecule has 25 heavy (non-hydrogen) atoms. The summed E-state index contributed by atoms with van der Waals surface area (Å²) in [5.41, 5.74) is 3.39. The normalized spacial score (nSPS) is 10.7. The lowest BCUT2D eigenvalue weighted by Crippen LogP contribution is -2.09. The van der Waals surface area contributed by atoms with Gasteiger partial charge in [0.15, 0.2) is 0 Å². The zero-order valence-electron chi connectivity index (χ0n) is 13.8. The minimum absolute atomic E-state index is 0.289. The summed E-state index contributed by atoms with van der Waals surface area (Å²) < 4.78 is 5.16. The second-order valence-corrected chi connectivity index (χ2v) is 6.31. The zero-order chi connectivity index (χ0) is 18.0. The van der Waals surface area contributed by atoms with E-state index in [0.717, 1.165) is 22.2 Å². The number of pyridine rings is 1. The number of fused-ring (bicyclic) bond motifs is 1. The maximum Gasteiger partial charge on any atom is 0.341 e. The predicted octanol–water partition coefficient (Wildman–Crippen LogP) is 5.77. The van der Waals surface area contributed by atoms with Crippen LogP contribution in [0.15, 0.2) is 42.6 Å². The van der Waals surface area contributed by atoms with Crippen molar-refractivity contribution in [2.45, 2.75) is 13.8 Å². The SMILES string of the molecule is CCOC(=O)c1cnc2c(C)c(Cl)ccc2c1Nc1ccc(Cl)cc1. The molecule has 1 N–H and O–H groups in total. The van der Waals surface area contributed by atoms with Crippen molar-refractivity contribution >= 4 is 51.4 Å². The molecule has 3 rings (SSSR count). The third-order valence-electron chi connectivity index (χ3n) is 3.84. The van der Waals surface area contributed by atoms with Gasteiger partial charge in [0.25, 0.3) is 0 Å². The molecule has 0 aliphatic heterocycles. The highest BCUT2D eigenvalue weighted by Gasteiger charge is 2.18. The number of rotatable bonds is 4. The van der Waals surface area contributed by atoms with Gasteiger partial charge in [0.05, 0.1) is 17.8 Å². The molecule has 128 valence electrons. The van der Waals surface area contributed by atoms with E-state index in [2.05, 4.69) is 10.3 Å². The third kappa shape index (κ3) is 3.55. The van der Waals surface area contributed by atoms with Gasteiger partial charge in [-0.15, -0.1) is 0 Å². The summed E-state index contributed by atoms with van der Waals surface area (Å²) in [5, 5.41) is 5.34. The molecule has 0 atom stereocenters. The van der Waals surface area contributed by atoms with Crippen LogP contribution in [0.4, 0.5) is 11.4 Å². The Labute approximate surface area is 155 Å². The molecule has 4 nitrogen and oxygen atoms in total. The fourth-order valence-electron chi connectivity index (χ4n) is 2.56. The second kappa shape index (κ2) is 7.30. The van der Waals surface area contributed by atoms with Crippen LogP contribution in [-0.4, -0.2) is 17.6 Å². The summed E-state index contributed by atoms with van der Waals surface area (Å²) in [6.07, 6.45) is 1.52. The number of aromatic nitrogens is 1. The van der Waals surface area contributed by atoms with Crippen LogP contribution in [0.2, 0.25) is 10.0 Å². The number of hydrogen-bond acceptors (Lipinski definition) is 4. The van der Waals surface area contributed by atoms with E-state index >= 15 is 0 Å². The number of halogens is 2. The quantitative estimate of drug-likeness (QED) is 0.588. The van der Waals surface area contributed by atoms with E-state index in [0.29, 0.717) is 21.3 Å². The molecule has 0 radical (unpaired) electrons. The van der Waals surface area contributed by atoms with Gasteiger partial charge in [0.2, 0.25) is 0 Å². The Morgan fingerprint density at radius 3 is 2.56 bits per heavy atom. The molecule has 0 spiro atoms. The van der Waals surface area contributed by atoms with Crippen LogP contribution in [0.25, 0.3) is 10.9 Å². The van der Waals surface area contributed by atoms with Crippen molar-refractivity contribution < 1.29 is 9.53 Å². The molecule has 0 fully saturated rings. The van der Waals surface area contributed by atoms with Crippen LogP contribution in [-0.2, 0) is 4.74 Å². The molecule has 3 aromatic rings. The summed E-state index contributed by atoms with van der Waals surface area (Å²) in [6, 6.07) is 10.9. The lowest BCUT2D eigenvalue weighted by Gasteiger charge is -2.15. The Morgan fingerprint density at radius 2 is 1.88 bits per heavy atom. The molecule has 0 saturated carbocycles. The molecule has 2 aromatic carbocycles. The van der Waals surface area contributed by atoms with Gasteiger partial charge >= 0.3 is 5.97 Å². The lowest BCUT2D eigenvalue weighted by atomic mass is 10.1. The number of carbonyl (C=O) groups is 1. The molecule has 0 aliphatic rings. The summed E-state index contributed by atoms with van der Waals surface area (Å²) >= 11 is 12.1. The molecule has 1 heterocycles. The van der Waals surface area contributed by atoms with Crippen LogP contribution < -0.4 is 5.32 Å². The fourth-order valence-corrected chi connectivity index (χ4v) is 2.84. The van der Waals surface area contributed by atoms with Gasteiger partial charge in [0, 0.05) is 27.3 Å². The van der Waals surface area contributed by atoms with Crippen LogP contribution in [0.5, 0.6) is 0 Å². The summed E-state index contributed by atoms with van der Waals surface area (Å²) in [6.45, 7) is 3.95. The van der Waals surface area contributed by atoms with E-state index in [-0.39, 0.29) is 6.61 Å². The smallest absolute Gasteiger partial charge is 0.341 e. The van der Waals surface area contributed by atoms with Crippen molar-refractivity contribution in [1.82, 2.24) is 4.98 Å². The highest BCUT2D eigenvalue weighted by atomic mass is 35.5. The first kappa shape index (κ1) is 17.5. The first-order valence-corrected chi connectivity index (χ1v) is 8.54. The van der Waals surface area contributed by atoms with E-state index < -0.39 is 5.97 Å². The molecule has 0 aliphatic carbocycles. The van der Waals surface area contributed by atoms with E-state index in [1.165, 1.54) is 6.20 Å². The van der Waals surface area contributed by atoms with E-state index in [4.69, 9.17) is 27.9 Å². The van der Waals surface area contributed by atoms with Gasteiger partial charge in [-0.05, 0) is 55.8 Å². The maximum absolute atomic E-state index is 12.4. The Kier molecular flexibility index (Phi) is 5.11. The van der Waals surface area contributed by atoms with E-state index in [9.17, 15) is 4.79 Å². The predicted molar refractivity (Wildman–Crippen MR) is 102 cm³/mol. The van der Waals surface area contributed by atoms with Crippen molar-refractivity contribution in [3.8, 4) is 0 Å². The molecule has 0 unspecified atom stereocenters. The number of nitrogens with one attached hydrogen (secondary N) is 1. The van der Waals surface area contributed by atoms with Crippen LogP contribution in [0.3, 0.4) is 0 Å². The number of esters is 1. The second-order valence-electron chi connectivity index (χ2n) is 5.47. The summed E-state index contributed by atoms with van der Waals surface area (Å²) in [4.78, 5) is 16.8. The average molecular weight is 375 g/mol. The minimum atomic E-state index is -0.430. The number of nitrogens with zero attached hydrogens (tertiary/aromatic N) is 1. The number of carbonyl (C=O) groups excluding carboxylic acids is 1.